The molecule has 2 amide bonds. The highest BCUT2D eigenvalue weighted by Gasteiger charge is 2.36. The zero-order chi connectivity index (χ0) is 29.2. The summed E-state index contributed by atoms with van der Waals surface area (Å²) in [6.07, 6.45) is 0. The third-order valence-corrected chi connectivity index (χ3v) is 6.23. The molecule has 3 N–H and O–H groups in total. The second kappa shape index (κ2) is 14.1. The van der Waals surface area contributed by atoms with Crippen LogP contribution in [0.25, 0.3) is 0 Å². The van der Waals surface area contributed by atoms with Crippen molar-refractivity contribution < 1.29 is 38.1 Å². The molecule has 1 aliphatic rings. The van der Waals surface area contributed by atoms with Gasteiger partial charge in [0.25, 0.3) is 5.91 Å². The van der Waals surface area contributed by atoms with Gasteiger partial charge in [-0.15, -0.1) is 0 Å². The van der Waals surface area contributed by atoms with E-state index >= 15 is 0 Å². The maximum absolute atomic E-state index is 13.4. The Morgan fingerprint density at radius 3 is 2.05 bits per heavy atom. The molecule has 0 unspecified atom stereocenters. The van der Waals surface area contributed by atoms with Gasteiger partial charge in [-0.1, -0.05) is 24.3 Å². The lowest BCUT2D eigenvalue weighted by molar-refractivity contribution is -0.128. The van der Waals surface area contributed by atoms with Gasteiger partial charge in [0.1, 0.15) is 11.4 Å². The van der Waals surface area contributed by atoms with Crippen LogP contribution in [-0.4, -0.2) is 96.6 Å². The van der Waals surface area contributed by atoms with Crippen LogP contribution in [0.1, 0.15) is 31.1 Å². The fourth-order valence-electron chi connectivity index (χ4n) is 4.27. The lowest BCUT2D eigenvalue weighted by atomic mass is 9.89. The van der Waals surface area contributed by atoms with Crippen LogP contribution < -0.4 is 30.2 Å². The number of methoxy groups -OCH3 is 4. The number of amides is 2. The Kier molecular flexibility index (Phi) is 10.6. The molecule has 2 aromatic carbocycles. The molecule has 0 aliphatic heterocycles. The molecule has 12 nitrogen and oxygen atoms in total. The topological polar surface area (TPSA) is 145 Å². The highest BCUT2D eigenvalue weighted by Crippen LogP contribution is 2.38. The van der Waals surface area contributed by atoms with Gasteiger partial charge in [0.05, 0.1) is 34.5 Å². The summed E-state index contributed by atoms with van der Waals surface area (Å²) in [5.74, 6) is -0.537. The molecule has 0 atom stereocenters. The number of hydrogen-bond donors (Lipinski definition) is 3. The van der Waals surface area contributed by atoms with E-state index < -0.39 is 11.7 Å². The van der Waals surface area contributed by atoms with Crippen molar-refractivity contribution in [2.24, 2.45) is 0 Å². The van der Waals surface area contributed by atoms with Gasteiger partial charge in [0.15, 0.2) is 11.5 Å². The third kappa shape index (κ3) is 6.41. The molecule has 0 saturated heterocycles. The van der Waals surface area contributed by atoms with Crippen LogP contribution in [0.3, 0.4) is 0 Å². The smallest absolute Gasteiger partial charge is 0.251 e. The third-order valence-electron chi connectivity index (χ3n) is 6.23. The van der Waals surface area contributed by atoms with Gasteiger partial charge in [-0.25, -0.2) is 0 Å². The van der Waals surface area contributed by atoms with E-state index in [4.69, 9.17) is 18.9 Å². The summed E-state index contributed by atoms with van der Waals surface area (Å²) < 4.78 is 21.0. The zero-order valence-corrected chi connectivity index (χ0v) is 23.2. The van der Waals surface area contributed by atoms with Crippen LogP contribution in [0.5, 0.6) is 17.2 Å². The van der Waals surface area contributed by atoms with Crippen LogP contribution in [0.4, 0.5) is 0 Å². The standard InChI is InChI=1S/C28H34N4O8/c1-29-23-24(26(35)19-9-7-6-8-18(19)25(23)34)32(12-13-37-2)22(33)16-30-10-11-31-28(36)17-14-20(38-3)27(40-5)21(15-17)39-4/h6-9,14-15,29-30H,10-13,16H2,1-5H3,(H,31,36). The van der Waals surface area contributed by atoms with Crippen molar-refractivity contribution in [2.75, 3.05) is 68.3 Å². The van der Waals surface area contributed by atoms with Crippen molar-refractivity contribution in [3.8, 4) is 17.2 Å². The van der Waals surface area contributed by atoms with Crippen molar-refractivity contribution in [1.29, 1.82) is 0 Å². The van der Waals surface area contributed by atoms with E-state index in [1.807, 2.05) is 0 Å². The van der Waals surface area contributed by atoms with E-state index in [1.165, 1.54) is 52.5 Å². The van der Waals surface area contributed by atoms with Crippen LogP contribution in [0, 0.1) is 0 Å². The molecular weight excluding hydrogens is 520 g/mol. The first-order chi connectivity index (χ1) is 19.3. The number of allylic oxidation sites excluding steroid dienone is 2. The molecule has 0 heterocycles. The number of nitrogens with zero attached hydrogens (tertiary/aromatic N) is 1. The number of hydrogen-bond acceptors (Lipinski definition) is 10. The summed E-state index contributed by atoms with van der Waals surface area (Å²) in [6.45, 7) is 0.536. The van der Waals surface area contributed by atoms with Crippen LogP contribution >= 0.6 is 0 Å². The predicted octanol–water partition coefficient (Wildman–Crippen LogP) is 1.02. The van der Waals surface area contributed by atoms with Gasteiger partial charge in [0, 0.05) is 50.5 Å². The zero-order valence-electron chi connectivity index (χ0n) is 23.2. The molecule has 0 spiro atoms. The molecular formula is C28H34N4O8. The predicted molar refractivity (Wildman–Crippen MR) is 146 cm³/mol. The lowest BCUT2D eigenvalue weighted by Gasteiger charge is -2.30. The summed E-state index contributed by atoms with van der Waals surface area (Å²) in [5.41, 5.74) is 0.847. The van der Waals surface area contributed by atoms with Crippen LogP contribution in [0.2, 0.25) is 0 Å². The molecule has 3 rings (SSSR count). The minimum absolute atomic E-state index is 0.0225. The number of benzene rings is 2. The van der Waals surface area contributed by atoms with E-state index in [-0.39, 0.29) is 67.0 Å². The summed E-state index contributed by atoms with van der Waals surface area (Å²) in [6, 6.07) is 9.57. The van der Waals surface area contributed by atoms with Gasteiger partial charge < -0.3 is 39.8 Å². The monoisotopic (exact) mass is 554 g/mol. The number of carbonyl (C=O) groups excluding carboxylic acids is 4. The quantitative estimate of drug-likeness (QED) is 0.290. The summed E-state index contributed by atoms with van der Waals surface area (Å²) in [5, 5.41) is 8.53. The highest BCUT2D eigenvalue weighted by atomic mass is 16.5. The Bertz CT molecular complexity index is 1280. The average molecular weight is 555 g/mol. The molecule has 12 heteroatoms. The van der Waals surface area contributed by atoms with Crippen molar-refractivity contribution >= 4 is 23.4 Å². The number of rotatable bonds is 14. The van der Waals surface area contributed by atoms with Crippen molar-refractivity contribution in [3.05, 3.63) is 64.5 Å². The molecule has 40 heavy (non-hydrogen) atoms. The average Bonchev–Trinajstić information content (AvgIpc) is 2.98. The molecule has 1 aliphatic carbocycles. The fraction of sp³-hybridized carbons (Fsp3) is 0.357. The normalized spacial score (nSPS) is 12.5. The fourth-order valence-corrected chi connectivity index (χ4v) is 4.27. The number of carbonyl (C=O) groups is 4. The first kappa shape index (κ1) is 30.1. The van der Waals surface area contributed by atoms with E-state index in [2.05, 4.69) is 16.0 Å². The number of nitrogens with one attached hydrogen (secondary N) is 3. The van der Waals surface area contributed by atoms with Gasteiger partial charge in [-0.2, -0.15) is 0 Å². The minimum Gasteiger partial charge on any atom is -0.493 e. The van der Waals surface area contributed by atoms with E-state index in [9.17, 15) is 19.2 Å². The maximum atomic E-state index is 13.4. The summed E-state index contributed by atoms with van der Waals surface area (Å²) >= 11 is 0. The molecule has 0 fully saturated rings. The van der Waals surface area contributed by atoms with Crippen LogP contribution in [0.15, 0.2) is 47.8 Å². The van der Waals surface area contributed by atoms with Crippen molar-refractivity contribution in [2.45, 2.75) is 0 Å². The largest absolute Gasteiger partial charge is 0.493 e. The van der Waals surface area contributed by atoms with Gasteiger partial charge in [-0.3, -0.25) is 19.2 Å². The number of fused-ring (bicyclic) bond motifs is 1. The first-order valence-corrected chi connectivity index (χ1v) is 12.5. The van der Waals surface area contributed by atoms with Gasteiger partial charge >= 0.3 is 0 Å². The Balaban J connectivity index is 1.66. The lowest BCUT2D eigenvalue weighted by Crippen LogP contribution is -2.46. The molecule has 0 bridgehead atoms. The molecule has 0 radical (unpaired) electrons. The molecule has 2 aromatic rings. The Morgan fingerprint density at radius 1 is 0.875 bits per heavy atom. The molecule has 214 valence electrons. The Morgan fingerprint density at radius 2 is 1.50 bits per heavy atom. The number of Topliss-reactive ketones (excluding diaryl/α,β-unsaturated/α-hetero) is 2. The van der Waals surface area contributed by atoms with Crippen molar-refractivity contribution in [1.82, 2.24) is 20.9 Å². The van der Waals surface area contributed by atoms with Crippen molar-refractivity contribution in [3.63, 3.8) is 0 Å². The van der Waals surface area contributed by atoms with Gasteiger partial charge in [0.2, 0.25) is 23.2 Å². The molecule has 0 saturated carbocycles. The Labute approximate surface area is 232 Å². The Hall–Kier alpha value is -4.42. The second-order valence-electron chi connectivity index (χ2n) is 8.56. The molecule has 0 aromatic heterocycles. The van der Waals surface area contributed by atoms with Crippen LogP contribution in [-0.2, 0) is 9.53 Å². The number of ether oxygens (including phenoxy) is 4. The summed E-state index contributed by atoms with van der Waals surface area (Å²) in [7, 11) is 7.40. The first-order valence-electron chi connectivity index (χ1n) is 12.5. The summed E-state index contributed by atoms with van der Waals surface area (Å²) in [4.78, 5) is 53.7. The number of likely N-dealkylation sites (N-methyl/N-ethyl adjacent to an activating group) is 1. The minimum atomic E-state index is -0.434. The van der Waals surface area contributed by atoms with Gasteiger partial charge in [-0.05, 0) is 12.1 Å². The van der Waals surface area contributed by atoms with E-state index in [0.717, 1.165) is 0 Å². The highest BCUT2D eigenvalue weighted by molar-refractivity contribution is 6.27. The maximum Gasteiger partial charge on any atom is 0.251 e. The second-order valence-corrected chi connectivity index (χ2v) is 8.56. The SMILES string of the molecule is CNC1=C(N(CCOC)C(=O)CNCCNC(=O)c2cc(OC)c(OC)c(OC)c2)C(=O)c2ccccc2C1=O. The van der Waals surface area contributed by atoms with E-state index in [1.54, 1.807) is 24.3 Å². The number of ketones is 2. The van der Waals surface area contributed by atoms with E-state index in [0.29, 0.717) is 22.8 Å².